The first-order valence-corrected chi connectivity index (χ1v) is 8.76. The largest absolute Gasteiger partial charge is 0.462 e. The molecule has 1 aliphatic heterocycles. The third-order valence-electron chi connectivity index (χ3n) is 4.64. The summed E-state index contributed by atoms with van der Waals surface area (Å²) in [7, 11) is 0. The molecule has 24 heavy (non-hydrogen) atoms. The van der Waals surface area contributed by atoms with Crippen LogP contribution in [0.5, 0.6) is 0 Å². The first kappa shape index (κ1) is 16.7. The van der Waals surface area contributed by atoms with Crippen LogP contribution in [0.4, 0.5) is 5.69 Å². The van der Waals surface area contributed by atoms with Crippen LogP contribution in [0.3, 0.4) is 0 Å². The van der Waals surface area contributed by atoms with Gasteiger partial charge >= 0.3 is 5.97 Å². The number of aromatic nitrogens is 1. The Morgan fingerprint density at radius 2 is 2.25 bits per heavy atom. The Morgan fingerprint density at radius 1 is 1.38 bits per heavy atom. The van der Waals surface area contributed by atoms with Gasteiger partial charge in [-0.2, -0.15) is 0 Å². The van der Waals surface area contributed by atoms with Gasteiger partial charge in [0.2, 0.25) is 0 Å². The van der Waals surface area contributed by atoms with Crippen molar-refractivity contribution in [3.8, 4) is 0 Å². The number of benzene rings is 1. The third kappa shape index (κ3) is 3.67. The number of likely N-dealkylation sites (tertiary alicyclic amines) is 1. The molecule has 1 saturated heterocycles. The van der Waals surface area contributed by atoms with Gasteiger partial charge in [-0.3, -0.25) is 9.88 Å². The lowest BCUT2D eigenvalue weighted by atomic mass is 10.1. The summed E-state index contributed by atoms with van der Waals surface area (Å²) in [6, 6.07) is 8.54. The molecule has 0 saturated carbocycles. The van der Waals surface area contributed by atoms with Crippen LogP contribution in [0, 0.1) is 0 Å². The zero-order valence-corrected chi connectivity index (χ0v) is 14.4. The van der Waals surface area contributed by atoms with Crippen LogP contribution in [0.15, 0.2) is 30.5 Å². The van der Waals surface area contributed by atoms with E-state index in [1.165, 1.54) is 19.4 Å². The topological polar surface area (TPSA) is 54.5 Å². The molecule has 0 radical (unpaired) electrons. The minimum atomic E-state index is -0.324. The van der Waals surface area contributed by atoms with Gasteiger partial charge in [0.15, 0.2) is 0 Å². The van der Waals surface area contributed by atoms with Gasteiger partial charge in [-0.25, -0.2) is 4.79 Å². The quantitative estimate of drug-likeness (QED) is 0.825. The Kier molecular flexibility index (Phi) is 5.30. The van der Waals surface area contributed by atoms with E-state index in [4.69, 9.17) is 4.74 Å². The molecule has 1 atom stereocenters. The molecule has 0 bridgehead atoms. The molecule has 1 aliphatic rings. The number of likely N-dealkylation sites (N-methyl/N-ethyl adjacent to an activating group) is 1. The van der Waals surface area contributed by atoms with E-state index in [1.54, 1.807) is 13.1 Å². The Hall–Kier alpha value is -2.14. The number of nitrogens with one attached hydrogen (secondary N) is 1. The number of anilines is 1. The third-order valence-corrected chi connectivity index (χ3v) is 4.64. The van der Waals surface area contributed by atoms with Crippen molar-refractivity contribution < 1.29 is 9.53 Å². The van der Waals surface area contributed by atoms with E-state index in [0.29, 0.717) is 18.2 Å². The normalized spacial score (nSPS) is 18.0. The van der Waals surface area contributed by atoms with Crippen LogP contribution in [0.1, 0.15) is 37.0 Å². The molecule has 3 rings (SSSR count). The molecule has 0 aliphatic carbocycles. The maximum atomic E-state index is 11.9. The van der Waals surface area contributed by atoms with Gasteiger partial charge in [0, 0.05) is 29.9 Å². The molecule has 1 fully saturated rings. The molecule has 128 valence electrons. The number of esters is 1. The fourth-order valence-electron chi connectivity index (χ4n) is 3.35. The van der Waals surface area contributed by atoms with Crippen molar-refractivity contribution in [1.82, 2.24) is 9.88 Å². The molecule has 0 amide bonds. The lowest BCUT2D eigenvalue weighted by Crippen LogP contribution is -2.34. The van der Waals surface area contributed by atoms with E-state index in [9.17, 15) is 4.79 Å². The van der Waals surface area contributed by atoms with Crippen molar-refractivity contribution in [3.05, 3.63) is 36.0 Å². The predicted molar refractivity (Wildman–Crippen MR) is 96.5 cm³/mol. The lowest BCUT2D eigenvalue weighted by Gasteiger charge is -2.23. The minimum absolute atomic E-state index is 0.324. The Morgan fingerprint density at radius 3 is 3.04 bits per heavy atom. The first-order chi connectivity index (χ1) is 11.7. The molecular formula is C19H25N3O2. The van der Waals surface area contributed by atoms with Crippen molar-refractivity contribution in [1.29, 1.82) is 0 Å². The molecular weight excluding hydrogens is 302 g/mol. The highest BCUT2D eigenvalue weighted by molar-refractivity contribution is 5.94. The maximum absolute atomic E-state index is 11.9. The second kappa shape index (κ2) is 7.62. The van der Waals surface area contributed by atoms with Crippen molar-refractivity contribution in [2.24, 2.45) is 0 Å². The van der Waals surface area contributed by atoms with Gasteiger partial charge in [0.05, 0.1) is 17.7 Å². The molecule has 5 nitrogen and oxygen atoms in total. The minimum Gasteiger partial charge on any atom is -0.462 e. The lowest BCUT2D eigenvalue weighted by molar-refractivity contribution is 0.0526. The summed E-state index contributed by atoms with van der Waals surface area (Å²) >= 11 is 0. The highest BCUT2D eigenvalue weighted by Gasteiger charge is 2.22. The van der Waals surface area contributed by atoms with E-state index in [-0.39, 0.29) is 5.97 Å². The average molecular weight is 327 g/mol. The molecule has 1 N–H and O–H groups in total. The molecule has 2 heterocycles. The maximum Gasteiger partial charge on any atom is 0.339 e. The van der Waals surface area contributed by atoms with E-state index >= 15 is 0 Å². The number of carbonyl (C=O) groups excluding carboxylic acids is 1. The molecule has 2 aromatic rings. The Labute approximate surface area is 143 Å². The summed E-state index contributed by atoms with van der Waals surface area (Å²) in [6.07, 6.45) is 4.11. The number of ether oxygens (including phenoxy) is 1. The summed E-state index contributed by atoms with van der Waals surface area (Å²) < 4.78 is 5.05. The van der Waals surface area contributed by atoms with Crippen LogP contribution in [-0.2, 0) is 4.74 Å². The number of rotatable bonds is 6. The van der Waals surface area contributed by atoms with Crippen molar-refractivity contribution in [3.63, 3.8) is 0 Å². The van der Waals surface area contributed by atoms with Crippen LogP contribution < -0.4 is 5.32 Å². The Balaban J connectivity index is 1.73. The summed E-state index contributed by atoms with van der Waals surface area (Å²) in [4.78, 5) is 18.7. The fraction of sp³-hybridized carbons (Fsp3) is 0.474. The number of hydrogen-bond donors (Lipinski definition) is 1. The van der Waals surface area contributed by atoms with Crippen LogP contribution in [0.25, 0.3) is 10.9 Å². The van der Waals surface area contributed by atoms with Gasteiger partial charge < -0.3 is 10.1 Å². The number of fused-ring (bicyclic) bond motifs is 1. The zero-order valence-electron chi connectivity index (χ0n) is 14.4. The van der Waals surface area contributed by atoms with E-state index in [2.05, 4.69) is 28.2 Å². The summed E-state index contributed by atoms with van der Waals surface area (Å²) in [5.74, 6) is -0.324. The van der Waals surface area contributed by atoms with Gasteiger partial charge in [-0.15, -0.1) is 0 Å². The number of pyridine rings is 1. The molecule has 0 spiro atoms. The second-order valence-corrected chi connectivity index (χ2v) is 6.16. The summed E-state index contributed by atoms with van der Waals surface area (Å²) in [6.45, 7) is 7.65. The molecule has 5 heteroatoms. The monoisotopic (exact) mass is 327 g/mol. The smallest absolute Gasteiger partial charge is 0.339 e. The van der Waals surface area contributed by atoms with E-state index < -0.39 is 0 Å². The zero-order chi connectivity index (χ0) is 16.9. The van der Waals surface area contributed by atoms with Gasteiger partial charge in [-0.1, -0.05) is 6.92 Å². The van der Waals surface area contributed by atoms with Crippen LogP contribution in [0.2, 0.25) is 0 Å². The highest BCUT2D eigenvalue weighted by atomic mass is 16.5. The SMILES string of the molecule is CCOC(=O)c1cnc2ccc(NCC3CCCN3CC)cc2c1. The van der Waals surface area contributed by atoms with Crippen LogP contribution in [-0.4, -0.2) is 48.1 Å². The van der Waals surface area contributed by atoms with Crippen molar-refractivity contribution in [2.45, 2.75) is 32.7 Å². The van der Waals surface area contributed by atoms with Crippen molar-refractivity contribution >= 4 is 22.6 Å². The standard InChI is InChI=1S/C19H25N3O2/c1-3-22-9-5-6-17(22)13-20-16-7-8-18-14(11-16)10-15(12-21-18)19(23)24-4-2/h7-8,10-12,17,20H,3-6,9,13H2,1-2H3. The second-order valence-electron chi connectivity index (χ2n) is 6.16. The fourth-order valence-corrected chi connectivity index (χ4v) is 3.35. The van der Waals surface area contributed by atoms with E-state index in [1.807, 2.05) is 18.2 Å². The highest BCUT2D eigenvalue weighted by Crippen LogP contribution is 2.21. The number of nitrogens with zero attached hydrogens (tertiary/aromatic N) is 2. The van der Waals surface area contributed by atoms with Crippen LogP contribution >= 0.6 is 0 Å². The number of carbonyl (C=O) groups is 1. The number of hydrogen-bond acceptors (Lipinski definition) is 5. The summed E-state index contributed by atoms with van der Waals surface area (Å²) in [5.41, 5.74) is 2.44. The molecule has 1 aromatic carbocycles. The average Bonchev–Trinajstić information content (AvgIpc) is 3.07. The predicted octanol–water partition coefficient (Wildman–Crippen LogP) is 3.31. The van der Waals surface area contributed by atoms with Gasteiger partial charge in [-0.05, 0) is 57.1 Å². The van der Waals surface area contributed by atoms with Gasteiger partial charge in [0.25, 0.3) is 0 Å². The van der Waals surface area contributed by atoms with Crippen molar-refractivity contribution in [2.75, 3.05) is 31.6 Å². The molecule has 1 unspecified atom stereocenters. The van der Waals surface area contributed by atoms with E-state index in [0.717, 1.165) is 29.7 Å². The molecule has 1 aromatic heterocycles. The summed E-state index contributed by atoms with van der Waals surface area (Å²) in [5, 5.41) is 4.48. The Bertz CT molecular complexity index is 717. The first-order valence-electron chi connectivity index (χ1n) is 8.76. The van der Waals surface area contributed by atoms with Gasteiger partial charge in [0.1, 0.15) is 0 Å².